The largest absolute Gasteiger partial charge is 0.452 e. The van der Waals surface area contributed by atoms with Crippen molar-refractivity contribution in [3.8, 4) is 0 Å². The van der Waals surface area contributed by atoms with Crippen LogP contribution in [0.2, 0.25) is 0 Å². The van der Waals surface area contributed by atoms with Crippen molar-refractivity contribution in [1.29, 1.82) is 0 Å². The summed E-state index contributed by atoms with van der Waals surface area (Å²) in [5.74, 6) is -1.54. The van der Waals surface area contributed by atoms with Crippen molar-refractivity contribution in [3.05, 3.63) is 64.2 Å². The highest BCUT2D eigenvalue weighted by atomic mass is 16.5. The van der Waals surface area contributed by atoms with Crippen molar-refractivity contribution in [2.45, 2.75) is 38.6 Å². The van der Waals surface area contributed by atoms with Gasteiger partial charge >= 0.3 is 5.97 Å². The van der Waals surface area contributed by atoms with Crippen molar-refractivity contribution >= 4 is 29.1 Å². The van der Waals surface area contributed by atoms with E-state index in [4.69, 9.17) is 10.5 Å². The van der Waals surface area contributed by atoms with Gasteiger partial charge in [-0.1, -0.05) is 44.0 Å². The smallest absolute Gasteiger partial charge is 0.340 e. The Bertz CT molecular complexity index is 1090. The second-order valence-corrected chi connectivity index (χ2v) is 8.17. The first-order valence-corrected chi connectivity index (χ1v) is 10.5. The molecule has 0 radical (unpaired) electrons. The highest BCUT2D eigenvalue weighted by Crippen LogP contribution is 2.33. The number of anilines is 1. The zero-order valence-electron chi connectivity index (χ0n) is 17.3. The monoisotopic (exact) mass is 420 g/mol. The molecule has 3 N–H and O–H groups in total. The average Bonchev–Trinajstić information content (AvgIpc) is 2.77. The highest BCUT2D eigenvalue weighted by Gasteiger charge is 2.33. The second-order valence-electron chi connectivity index (χ2n) is 8.17. The van der Waals surface area contributed by atoms with Gasteiger partial charge in [0.2, 0.25) is 0 Å². The van der Waals surface area contributed by atoms with Crippen LogP contribution in [0.4, 0.5) is 5.69 Å². The average molecular weight is 420 g/mol. The summed E-state index contributed by atoms with van der Waals surface area (Å²) in [5, 5.41) is 2.92. The van der Waals surface area contributed by atoms with E-state index < -0.39 is 18.4 Å². The molecule has 4 rings (SSSR count). The molecule has 160 valence electrons. The molecule has 0 unspecified atom stereocenters. The van der Waals surface area contributed by atoms with Crippen LogP contribution < -0.4 is 11.1 Å². The lowest BCUT2D eigenvalue weighted by Gasteiger charge is -2.29. The maximum absolute atomic E-state index is 12.9. The molecular weight excluding hydrogens is 396 g/mol. The van der Waals surface area contributed by atoms with Crippen LogP contribution in [0.25, 0.3) is 0 Å². The van der Waals surface area contributed by atoms with Gasteiger partial charge in [0, 0.05) is 22.7 Å². The minimum absolute atomic E-state index is 0.00127. The van der Waals surface area contributed by atoms with Gasteiger partial charge in [0.05, 0.1) is 16.8 Å². The molecule has 7 heteroatoms. The predicted molar refractivity (Wildman–Crippen MR) is 114 cm³/mol. The second kappa shape index (κ2) is 8.34. The lowest BCUT2D eigenvalue weighted by molar-refractivity contribution is -0.125. The number of ether oxygens (including phenoxy) is 1. The lowest BCUT2D eigenvalue weighted by atomic mass is 9.82. The van der Waals surface area contributed by atoms with E-state index in [9.17, 15) is 19.2 Å². The number of benzene rings is 2. The molecule has 31 heavy (non-hydrogen) atoms. The highest BCUT2D eigenvalue weighted by molar-refractivity contribution is 6.30. The van der Waals surface area contributed by atoms with Gasteiger partial charge in [0.25, 0.3) is 5.91 Å². The summed E-state index contributed by atoms with van der Waals surface area (Å²) >= 11 is 0. The van der Waals surface area contributed by atoms with Crippen LogP contribution in [0.15, 0.2) is 36.4 Å². The Morgan fingerprint density at radius 2 is 1.68 bits per heavy atom. The summed E-state index contributed by atoms with van der Waals surface area (Å²) in [6.07, 6.45) is 4.20. The van der Waals surface area contributed by atoms with Crippen molar-refractivity contribution < 1.29 is 23.9 Å². The maximum Gasteiger partial charge on any atom is 0.340 e. The molecule has 0 bridgehead atoms. The Hall–Kier alpha value is -3.48. The Kier molecular flexibility index (Phi) is 5.59. The van der Waals surface area contributed by atoms with Gasteiger partial charge in [-0.2, -0.15) is 0 Å². The zero-order chi connectivity index (χ0) is 22.1. The van der Waals surface area contributed by atoms with Crippen LogP contribution in [0, 0.1) is 5.92 Å². The van der Waals surface area contributed by atoms with Crippen LogP contribution in [0.1, 0.15) is 74.8 Å². The molecule has 1 fully saturated rings. The fraction of sp³-hybridized carbons (Fsp3) is 0.333. The van der Waals surface area contributed by atoms with Gasteiger partial charge in [-0.3, -0.25) is 14.4 Å². The molecule has 2 aromatic rings. The molecular formula is C24H24N2O5. The third kappa shape index (κ3) is 3.83. The molecule has 1 saturated carbocycles. The Morgan fingerprint density at radius 1 is 1.00 bits per heavy atom. The number of nitrogen functional groups attached to an aromatic ring is 1. The number of nitrogens with one attached hydrogen (secondary N) is 1. The van der Waals surface area contributed by atoms with E-state index in [1.54, 1.807) is 24.3 Å². The number of amides is 1. The van der Waals surface area contributed by atoms with Crippen molar-refractivity contribution in [2.24, 2.45) is 5.92 Å². The molecule has 0 aliphatic heterocycles. The summed E-state index contributed by atoms with van der Waals surface area (Å²) in [5.41, 5.74) is 6.67. The molecule has 0 spiro atoms. The molecule has 0 saturated heterocycles. The van der Waals surface area contributed by atoms with Crippen molar-refractivity contribution in [3.63, 3.8) is 0 Å². The van der Waals surface area contributed by atoms with Crippen LogP contribution in [-0.2, 0) is 9.53 Å². The normalized spacial score (nSPS) is 19.9. The van der Waals surface area contributed by atoms with Gasteiger partial charge in [0.1, 0.15) is 0 Å². The van der Waals surface area contributed by atoms with Gasteiger partial charge in [-0.15, -0.1) is 0 Å². The van der Waals surface area contributed by atoms with Gasteiger partial charge in [-0.25, -0.2) is 4.79 Å². The van der Waals surface area contributed by atoms with Crippen molar-refractivity contribution in [2.75, 3.05) is 12.3 Å². The first-order valence-electron chi connectivity index (χ1n) is 10.5. The fourth-order valence-corrected chi connectivity index (χ4v) is 4.38. The summed E-state index contributed by atoms with van der Waals surface area (Å²) in [6, 6.07) is 9.33. The summed E-state index contributed by atoms with van der Waals surface area (Å²) in [6.45, 7) is 1.66. The molecule has 1 amide bonds. The number of fused-ring (bicyclic) bond motifs is 2. The Balaban J connectivity index is 1.49. The van der Waals surface area contributed by atoms with E-state index in [0.29, 0.717) is 11.5 Å². The van der Waals surface area contributed by atoms with Crippen molar-refractivity contribution in [1.82, 2.24) is 5.32 Å². The van der Waals surface area contributed by atoms with E-state index >= 15 is 0 Å². The number of hydrogen-bond donors (Lipinski definition) is 2. The van der Waals surface area contributed by atoms with E-state index in [2.05, 4.69) is 12.2 Å². The number of nitrogens with two attached hydrogens (primary N) is 1. The Morgan fingerprint density at radius 3 is 2.39 bits per heavy atom. The van der Waals surface area contributed by atoms with Gasteiger partial charge in [0.15, 0.2) is 18.2 Å². The van der Waals surface area contributed by atoms with E-state index in [-0.39, 0.29) is 45.7 Å². The summed E-state index contributed by atoms with van der Waals surface area (Å²) < 4.78 is 5.14. The molecule has 2 aliphatic carbocycles. The van der Waals surface area contributed by atoms with E-state index in [1.165, 1.54) is 12.1 Å². The zero-order valence-corrected chi connectivity index (χ0v) is 17.3. The lowest BCUT2D eigenvalue weighted by Crippen LogP contribution is -2.42. The SMILES string of the molecule is C[C@H]1CCCC[C@@H]1NC(=O)COC(=O)c1ccc2c(c1N)C(=O)c1ccccc1C2=O. The molecule has 2 aromatic carbocycles. The van der Waals surface area contributed by atoms with E-state index in [0.717, 1.165) is 25.7 Å². The molecule has 2 aliphatic rings. The van der Waals surface area contributed by atoms with Crippen LogP contribution in [0.5, 0.6) is 0 Å². The molecule has 0 heterocycles. The minimum Gasteiger partial charge on any atom is -0.452 e. The predicted octanol–water partition coefficient (Wildman–Crippen LogP) is 2.90. The topological polar surface area (TPSA) is 116 Å². The molecule has 2 atom stereocenters. The minimum atomic E-state index is -0.814. The third-order valence-electron chi connectivity index (χ3n) is 6.15. The van der Waals surface area contributed by atoms with Crippen LogP contribution in [-0.4, -0.2) is 36.1 Å². The molecule has 7 nitrogen and oxygen atoms in total. The molecule has 0 aromatic heterocycles. The van der Waals surface area contributed by atoms with E-state index in [1.807, 2.05) is 0 Å². The summed E-state index contributed by atoms with van der Waals surface area (Å²) in [4.78, 5) is 50.5. The third-order valence-corrected chi connectivity index (χ3v) is 6.15. The quantitative estimate of drug-likeness (QED) is 0.495. The number of ketones is 2. The van der Waals surface area contributed by atoms with Gasteiger partial charge in [-0.05, 0) is 30.9 Å². The fourth-order valence-electron chi connectivity index (χ4n) is 4.38. The van der Waals surface area contributed by atoms with Crippen LogP contribution in [0.3, 0.4) is 0 Å². The van der Waals surface area contributed by atoms with Crippen LogP contribution >= 0.6 is 0 Å². The number of carbonyl (C=O) groups excluding carboxylic acids is 4. The number of rotatable bonds is 4. The number of carbonyl (C=O) groups is 4. The van der Waals surface area contributed by atoms with Gasteiger partial charge < -0.3 is 15.8 Å². The maximum atomic E-state index is 12.9. The first kappa shape index (κ1) is 20.8. The standard InChI is InChI=1S/C24H24N2O5/c1-13-6-2-5-9-18(13)26-19(27)12-31-24(30)17-11-10-16-20(21(17)25)23(29)15-8-4-3-7-14(15)22(16)28/h3-4,7-8,10-11,13,18H,2,5-6,9,12,25H2,1H3,(H,26,27)/t13-,18-/m0/s1. The first-order chi connectivity index (χ1) is 14.9. The Labute approximate surface area is 180 Å². The number of esters is 1. The number of hydrogen-bond acceptors (Lipinski definition) is 6. The summed E-state index contributed by atoms with van der Waals surface area (Å²) in [7, 11) is 0.